The topological polar surface area (TPSA) is 38.3 Å². The SMILES string of the molecule is O=C1NCOC(CCl)=C1c1ccccc1. The lowest BCUT2D eigenvalue weighted by molar-refractivity contribution is -0.118. The van der Waals surface area contributed by atoms with E-state index in [1.165, 1.54) is 0 Å². The maximum absolute atomic E-state index is 11.7. The van der Waals surface area contributed by atoms with Gasteiger partial charge in [0.05, 0.1) is 11.5 Å². The molecule has 2 rings (SSSR count). The number of carbonyl (C=O) groups is 1. The molecule has 1 aliphatic heterocycles. The van der Waals surface area contributed by atoms with Gasteiger partial charge in [-0.25, -0.2) is 0 Å². The van der Waals surface area contributed by atoms with Gasteiger partial charge in [-0.05, 0) is 5.56 Å². The normalized spacial score (nSPS) is 15.9. The predicted molar refractivity (Wildman–Crippen MR) is 58.2 cm³/mol. The zero-order valence-electron chi connectivity index (χ0n) is 8.00. The monoisotopic (exact) mass is 223 g/mol. The number of nitrogens with one attached hydrogen (secondary N) is 1. The van der Waals surface area contributed by atoms with E-state index >= 15 is 0 Å². The molecule has 0 aliphatic carbocycles. The van der Waals surface area contributed by atoms with E-state index in [0.717, 1.165) is 5.56 Å². The highest BCUT2D eigenvalue weighted by Crippen LogP contribution is 2.22. The van der Waals surface area contributed by atoms with Crippen LogP contribution in [0.3, 0.4) is 0 Å². The van der Waals surface area contributed by atoms with Crippen LogP contribution in [0.25, 0.3) is 5.57 Å². The first kappa shape index (κ1) is 10.1. The maximum Gasteiger partial charge on any atom is 0.257 e. The van der Waals surface area contributed by atoms with Gasteiger partial charge in [0, 0.05) is 0 Å². The van der Waals surface area contributed by atoms with E-state index in [9.17, 15) is 4.79 Å². The first-order chi connectivity index (χ1) is 7.33. The number of hydrogen-bond donors (Lipinski definition) is 1. The van der Waals surface area contributed by atoms with Crippen LogP contribution in [0.1, 0.15) is 5.56 Å². The lowest BCUT2D eigenvalue weighted by Crippen LogP contribution is -2.32. The zero-order valence-corrected chi connectivity index (χ0v) is 8.75. The Labute approximate surface area is 92.7 Å². The molecule has 0 fully saturated rings. The first-order valence-corrected chi connectivity index (χ1v) is 5.12. The molecule has 0 atom stereocenters. The number of ether oxygens (including phenoxy) is 1. The van der Waals surface area contributed by atoms with Crippen LogP contribution in [0, 0.1) is 0 Å². The summed E-state index contributed by atoms with van der Waals surface area (Å²) in [5, 5.41) is 2.62. The predicted octanol–water partition coefficient (Wildman–Crippen LogP) is 1.74. The van der Waals surface area contributed by atoms with Crippen molar-refractivity contribution in [3.63, 3.8) is 0 Å². The third kappa shape index (κ3) is 1.97. The number of alkyl halides is 1. The Morgan fingerprint density at radius 2 is 2.07 bits per heavy atom. The average molecular weight is 224 g/mol. The van der Waals surface area contributed by atoms with E-state index in [1.54, 1.807) is 0 Å². The van der Waals surface area contributed by atoms with Crippen molar-refractivity contribution in [3.05, 3.63) is 41.7 Å². The summed E-state index contributed by atoms with van der Waals surface area (Å²) in [5.41, 5.74) is 1.35. The molecule has 15 heavy (non-hydrogen) atoms. The summed E-state index contributed by atoms with van der Waals surface area (Å²) in [4.78, 5) is 11.7. The van der Waals surface area contributed by atoms with Crippen LogP contribution in [0.15, 0.2) is 36.1 Å². The molecule has 1 aromatic carbocycles. The average Bonchev–Trinajstić information content (AvgIpc) is 2.29. The van der Waals surface area contributed by atoms with Gasteiger partial charge in [0.1, 0.15) is 5.76 Å². The molecule has 78 valence electrons. The second-order valence-electron chi connectivity index (χ2n) is 3.09. The van der Waals surface area contributed by atoms with Crippen LogP contribution in [-0.2, 0) is 9.53 Å². The molecule has 1 N–H and O–H groups in total. The fourth-order valence-electron chi connectivity index (χ4n) is 1.48. The van der Waals surface area contributed by atoms with Gasteiger partial charge >= 0.3 is 0 Å². The largest absolute Gasteiger partial charge is 0.475 e. The Morgan fingerprint density at radius 3 is 2.73 bits per heavy atom. The maximum atomic E-state index is 11.7. The minimum absolute atomic E-state index is 0.136. The van der Waals surface area contributed by atoms with E-state index in [0.29, 0.717) is 11.3 Å². The minimum Gasteiger partial charge on any atom is -0.475 e. The fourth-order valence-corrected chi connectivity index (χ4v) is 1.69. The third-order valence-electron chi connectivity index (χ3n) is 2.17. The van der Waals surface area contributed by atoms with Crippen LogP contribution >= 0.6 is 11.6 Å². The van der Waals surface area contributed by atoms with E-state index in [2.05, 4.69) is 5.32 Å². The Hall–Kier alpha value is -1.48. The number of allylic oxidation sites excluding steroid dienone is 1. The summed E-state index contributed by atoms with van der Waals surface area (Å²) in [7, 11) is 0. The van der Waals surface area contributed by atoms with Gasteiger partial charge in [-0.15, -0.1) is 11.6 Å². The lowest BCUT2D eigenvalue weighted by Gasteiger charge is -2.20. The molecular weight excluding hydrogens is 214 g/mol. The number of halogens is 1. The fraction of sp³-hybridized carbons (Fsp3) is 0.182. The molecule has 0 saturated heterocycles. The molecule has 0 aromatic heterocycles. The van der Waals surface area contributed by atoms with E-state index in [-0.39, 0.29) is 18.5 Å². The van der Waals surface area contributed by atoms with Crippen molar-refractivity contribution in [2.75, 3.05) is 12.6 Å². The second-order valence-corrected chi connectivity index (χ2v) is 3.36. The Balaban J connectivity index is 2.47. The second kappa shape index (κ2) is 4.36. The van der Waals surface area contributed by atoms with Crippen molar-refractivity contribution in [2.45, 2.75) is 0 Å². The molecule has 4 heteroatoms. The van der Waals surface area contributed by atoms with Gasteiger partial charge in [-0.3, -0.25) is 4.79 Å². The highest BCUT2D eigenvalue weighted by molar-refractivity contribution is 6.25. The molecule has 1 aliphatic rings. The molecule has 1 amide bonds. The Bertz CT molecular complexity index is 400. The molecular formula is C11H10ClNO2. The molecule has 0 saturated carbocycles. The quantitative estimate of drug-likeness (QED) is 0.776. The van der Waals surface area contributed by atoms with Crippen molar-refractivity contribution < 1.29 is 9.53 Å². The molecule has 0 spiro atoms. The van der Waals surface area contributed by atoms with Gasteiger partial charge in [0.2, 0.25) is 0 Å². The Kier molecular flexibility index (Phi) is 2.92. The van der Waals surface area contributed by atoms with Gasteiger partial charge in [-0.1, -0.05) is 30.3 Å². The summed E-state index contributed by atoms with van der Waals surface area (Å²) >= 11 is 5.73. The first-order valence-electron chi connectivity index (χ1n) is 4.58. The summed E-state index contributed by atoms with van der Waals surface area (Å²) in [6, 6.07) is 9.35. The number of hydrogen-bond acceptors (Lipinski definition) is 2. The minimum atomic E-state index is -0.136. The number of benzene rings is 1. The lowest BCUT2D eigenvalue weighted by atomic mass is 10.0. The molecule has 0 radical (unpaired) electrons. The highest BCUT2D eigenvalue weighted by atomic mass is 35.5. The summed E-state index contributed by atoms with van der Waals surface area (Å²) in [6.45, 7) is 0.192. The van der Waals surface area contributed by atoms with Crippen molar-refractivity contribution in [1.29, 1.82) is 0 Å². The van der Waals surface area contributed by atoms with Crippen LogP contribution in [-0.4, -0.2) is 18.5 Å². The van der Waals surface area contributed by atoms with Crippen molar-refractivity contribution in [1.82, 2.24) is 5.32 Å². The van der Waals surface area contributed by atoms with E-state index < -0.39 is 0 Å². The molecule has 1 aromatic rings. The highest BCUT2D eigenvalue weighted by Gasteiger charge is 2.21. The summed E-state index contributed by atoms with van der Waals surface area (Å²) in [5.74, 6) is 0.604. The molecule has 3 nitrogen and oxygen atoms in total. The summed E-state index contributed by atoms with van der Waals surface area (Å²) in [6.07, 6.45) is 0. The molecule has 0 bridgehead atoms. The molecule has 0 unspecified atom stereocenters. The van der Waals surface area contributed by atoms with Crippen molar-refractivity contribution in [3.8, 4) is 0 Å². The van der Waals surface area contributed by atoms with Crippen LogP contribution in [0.4, 0.5) is 0 Å². The van der Waals surface area contributed by atoms with Crippen LogP contribution in [0.2, 0.25) is 0 Å². The van der Waals surface area contributed by atoms with Crippen LogP contribution < -0.4 is 5.32 Å². The van der Waals surface area contributed by atoms with Crippen LogP contribution in [0.5, 0.6) is 0 Å². The summed E-state index contributed by atoms with van der Waals surface area (Å²) < 4.78 is 5.28. The number of rotatable bonds is 2. The van der Waals surface area contributed by atoms with Gasteiger partial charge in [0.15, 0.2) is 6.73 Å². The van der Waals surface area contributed by atoms with Gasteiger partial charge in [0.25, 0.3) is 5.91 Å². The third-order valence-corrected chi connectivity index (χ3v) is 2.41. The zero-order chi connectivity index (χ0) is 10.7. The smallest absolute Gasteiger partial charge is 0.257 e. The van der Waals surface area contributed by atoms with Crippen molar-refractivity contribution >= 4 is 23.1 Å². The van der Waals surface area contributed by atoms with Crippen molar-refractivity contribution in [2.24, 2.45) is 0 Å². The number of amides is 1. The molecule has 1 heterocycles. The van der Waals surface area contributed by atoms with E-state index in [4.69, 9.17) is 16.3 Å². The van der Waals surface area contributed by atoms with E-state index in [1.807, 2.05) is 30.3 Å². The Morgan fingerprint density at radius 1 is 1.33 bits per heavy atom. The van der Waals surface area contributed by atoms with Gasteiger partial charge < -0.3 is 10.1 Å². The number of carbonyl (C=O) groups excluding carboxylic acids is 1. The van der Waals surface area contributed by atoms with Gasteiger partial charge in [-0.2, -0.15) is 0 Å². The standard InChI is InChI=1S/C11H10ClNO2/c12-6-9-10(11(14)13-7-15-9)8-4-2-1-3-5-8/h1-5H,6-7H2,(H,13,14).